The smallest absolute Gasteiger partial charge is 0.225 e. The van der Waals surface area contributed by atoms with E-state index in [1.54, 1.807) is 0 Å². The molecule has 172 valence electrons. The van der Waals surface area contributed by atoms with Crippen molar-refractivity contribution in [2.45, 2.75) is 33.6 Å². The Morgan fingerprint density at radius 3 is 2.03 bits per heavy atom. The lowest BCUT2D eigenvalue weighted by atomic mass is 9.95. The summed E-state index contributed by atoms with van der Waals surface area (Å²) in [6, 6.07) is 9.96. The summed E-state index contributed by atoms with van der Waals surface area (Å²) >= 11 is 0. The second-order valence-corrected chi connectivity index (χ2v) is 9.15. The maximum Gasteiger partial charge on any atom is 0.225 e. The Kier molecular flexibility index (Phi) is 5.83. The molecular weight excluding hydrogens is 414 g/mol. The van der Waals surface area contributed by atoms with Crippen LogP contribution in [0.3, 0.4) is 0 Å². The molecule has 33 heavy (non-hydrogen) atoms. The Morgan fingerprint density at radius 2 is 1.39 bits per heavy atom. The van der Waals surface area contributed by atoms with Crippen molar-refractivity contribution in [3.05, 3.63) is 47.4 Å². The third-order valence-corrected chi connectivity index (χ3v) is 6.71. The van der Waals surface area contributed by atoms with E-state index < -0.39 is 0 Å². The Bertz CT molecular complexity index is 1140. The van der Waals surface area contributed by atoms with Gasteiger partial charge < -0.3 is 14.7 Å². The fourth-order valence-corrected chi connectivity index (χ4v) is 4.95. The zero-order valence-electron chi connectivity index (χ0n) is 19.7. The van der Waals surface area contributed by atoms with E-state index in [1.165, 1.54) is 0 Å². The predicted octanol–water partition coefficient (Wildman–Crippen LogP) is 2.91. The number of para-hydroxylation sites is 2. The van der Waals surface area contributed by atoms with E-state index in [0.717, 1.165) is 92.0 Å². The maximum absolute atomic E-state index is 13.2. The Balaban J connectivity index is 1.18. The highest BCUT2D eigenvalue weighted by molar-refractivity contribution is 5.80. The van der Waals surface area contributed by atoms with E-state index in [2.05, 4.69) is 19.8 Å². The lowest BCUT2D eigenvalue weighted by Crippen LogP contribution is -2.52. The van der Waals surface area contributed by atoms with Gasteiger partial charge in [-0.1, -0.05) is 12.1 Å². The zero-order chi connectivity index (χ0) is 22.9. The van der Waals surface area contributed by atoms with E-state index in [1.807, 2.05) is 56.0 Å². The van der Waals surface area contributed by atoms with Crippen LogP contribution in [0.2, 0.25) is 0 Å². The second-order valence-electron chi connectivity index (χ2n) is 9.15. The maximum atomic E-state index is 13.2. The summed E-state index contributed by atoms with van der Waals surface area (Å²) in [6.45, 7) is 10.7. The summed E-state index contributed by atoms with van der Waals surface area (Å²) in [5.41, 5.74) is 4.75. The van der Waals surface area contributed by atoms with E-state index in [0.29, 0.717) is 0 Å². The fraction of sp³-hybridized carbons (Fsp3) is 0.480. The van der Waals surface area contributed by atoms with Gasteiger partial charge in [0.15, 0.2) is 5.82 Å². The number of nitrogens with zero attached hydrogens (tertiary/aromatic N) is 7. The number of hydrogen-bond donors (Lipinski definition) is 0. The number of carbonyl (C=O) groups is 1. The van der Waals surface area contributed by atoms with Gasteiger partial charge in [0, 0.05) is 56.6 Å². The van der Waals surface area contributed by atoms with Gasteiger partial charge in [-0.05, 0) is 51.8 Å². The van der Waals surface area contributed by atoms with Crippen LogP contribution in [0, 0.1) is 26.7 Å². The number of hydrogen-bond acceptors (Lipinski definition) is 7. The number of carbonyl (C=O) groups excluding carboxylic acids is 1. The van der Waals surface area contributed by atoms with Gasteiger partial charge in [0.2, 0.25) is 11.9 Å². The van der Waals surface area contributed by atoms with Crippen LogP contribution >= 0.6 is 0 Å². The van der Waals surface area contributed by atoms with Crippen molar-refractivity contribution in [2.24, 2.45) is 5.92 Å². The van der Waals surface area contributed by atoms with Crippen LogP contribution < -0.4 is 9.80 Å². The van der Waals surface area contributed by atoms with Crippen LogP contribution in [0.4, 0.5) is 11.8 Å². The molecule has 3 aromatic rings. The first-order chi connectivity index (χ1) is 16.0. The molecule has 2 saturated heterocycles. The SMILES string of the molecule is Cc1cc(C)nc(N2CCC(C(=O)N3CCN(c4nc5ccccc5nc4C)CC3)CC2)n1. The van der Waals surface area contributed by atoms with Crippen molar-refractivity contribution in [3.8, 4) is 0 Å². The fourth-order valence-electron chi connectivity index (χ4n) is 4.95. The van der Waals surface area contributed by atoms with Crippen LogP contribution in [0.25, 0.3) is 11.0 Å². The van der Waals surface area contributed by atoms with Gasteiger partial charge in [-0.15, -0.1) is 0 Å². The number of benzene rings is 1. The molecule has 0 bridgehead atoms. The molecule has 4 heterocycles. The van der Waals surface area contributed by atoms with Crippen LogP contribution in [0.5, 0.6) is 0 Å². The second kappa shape index (κ2) is 8.92. The number of amides is 1. The standard InChI is InChI=1S/C25H31N7O/c1-17-16-18(2)27-25(26-17)32-10-8-20(9-11-32)24(33)31-14-12-30(13-15-31)23-19(3)28-21-6-4-5-7-22(21)29-23/h4-7,16,20H,8-15H2,1-3H3. The van der Waals surface area contributed by atoms with Crippen LogP contribution in [-0.4, -0.2) is 70.0 Å². The van der Waals surface area contributed by atoms with Crippen LogP contribution in [-0.2, 0) is 4.79 Å². The minimum atomic E-state index is 0.0842. The molecule has 2 fully saturated rings. The molecule has 2 aliphatic rings. The quantitative estimate of drug-likeness (QED) is 0.613. The van der Waals surface area contributed by atoms with Crippen LogP contribution in [0.1, 0.15) is 29.9 Å². The summed E-state index contributed by atoms with van der Waals surface area (Å²) in [5, 5.41) is 0. The lowest BCUT2D eigenvalue weighted by Gasteiger charge is -2.39. The van der Waals surface area contributed by atoms with Gasteiger partial charge in [-0.2, -0.15) is 0 Å². The molecule has 0 aliphatic carbocycles. The Morgan fingerprint density at radius 1 is 0.788 bits per heavy atom. The van der Waals surface area contributed by atoms with E-state index in [-0.39, 0.29) is 11.8 Å². The van der Waals surface area contributed by atoms with Crippen molar-refractivity contribution < 1.29 is 4.79 Å². The molecule has 1 aromatic carbocycles. The zero-order valence-corrected chi connectivity index (χ0v) is 19.7. The average Bonchev–Trinajstić information content (AvgIpc) is 2.83. The molecule has 1 amide bonds. The van der Waals surface area contributed by atoms with E-state index in [4.69, 9.17) is 9.97 Å². The van der Waals surface area contributed by atoms with Gasteiger partial charge in [-0.25, -0.2) is 19.9 Å². The molecular formula is C25H31N7O. The number of anilines is 2. The average molecular weight is 446 g/mol. The van der Waals surface area contributed by atoms with Gasteiger partial charge in [0.25, 0.3) is 0 Å². The Labute approximate surface area is 194 Å². The number of fused-ring (bicyclic) bond motifs is 1. The molecule has 8 heteroatoms. The molecule has 5 rings (SSSR count). The number of piperidine rings is 1. The highest BCUT2D eigenvalue weighted by atomic mass is 16.2. The summed E-state index contributed by atoms with van der Waals surface area (Å²) < 4.78 is 0. The lowest BCUT2D eigenvalue weighted by molar-refractivity contribution is -0.136. The minimum Gasteiger partial charge on any atom is -0.352 e. The monoisotopic (exact) mass is 445 g/mol. The van der Waals surface area contributed by atoms with Crippen molar-refractivity contribution >= 4 is 28.7 Å². The van der Waals surface area contributed by atoms with Crippen molar-refractivity contribution in [2.75, 3.05) is 49.1 Å². The summed E-state index contributed by atoms with van der Waals surface area (Å²) in [4.78, 5) is 38.5. The molecule has 0 radical (unpaired) electrons. The van der Waals surface area contributed by atoms with Crippen molar-refractivity contribution in [3.63, 3.8) is 0 Å². The number of rotatable bonds is 3. The molecule has 8 nitrogen and oxygen atoms in total. The number of aromatic nitrogens is 4. The van der Waals surface area contributed by atoms with E-state index >= 15 is 0 Å². The largest absolute Gasteiger partial charge is 0.352 e. The minimum absolute atomic E-state index is 0.0842. The molecule has 0 N–H and O–H groups in total. The molecule has 2 aliphatic heterocycles. The van der Waals surface area contributed by atoms with Crippen molar-refractivity contribution in [1.29, 1.82) is 0 Å². The summed E-state index contributed by atoms with van der Waals surface area (Å²) in [7, 11) is 0. The molecule has 2 aromatic heterocycles. The van der Waals surface area contributed by atoms with E-state index in [9.17, 15) is 4.79 Å². The van der Waals surface area contributed by atoms with Crippen LogP contribution in [0.15, 0.2) is 30.3 Å². The number of aryl methyl sites for hydroxylation is 3. The van der Waals surface area contributed by atoms with Crippen molar-refractivity contribution in [1.82, 2.24) is 24.8 Å². The first kappa shape index (κ1) is 21.6. The van der Waals surface area contributed by atoms with Gasteiger partial charge in [0.1, 0.15) is 0 Å². The predicted molar refractivity (Wildman–Crippen MR) is 130 cm³/mol. The molecule has 0 spiro atoms. The van der Waals surface area contributed by atoms with Gasteiger partial charge in [0.05, 0.1) is 16.7 Å². The first-order valence-electron chi connectivity index (χ1n) is 11.8. The first-order valence-corrected chi connectivity index (χ1v) is 11.8. The summed E-state index contributed by atoms with van der Waals surface area (Å²) in [5.74, 6) is 2.10. The molecule has 0 saturated carbocycles. The Hall–Kier alpha value is -3.29. The molecule has 0 unspecified atom stereocenters. The third-order valence-electron chi connectivity index (χ3n) is 6.71. The topological polar surface area (TPSA) is 78.4 Å². The normalized spacial score (nSPS) is 17.6. The molecule has 0 atom stereocenters. The summed E-state index contributed by atoms with van der Waals surface area (Å²) in [6.07, 6.45) is 1.70. The highest BCUT2D eigenvalue weighted by Crippen LogP contribution is 2.25. The highest BCUT2D eigenvalue weighted by Gasteiger charge is 2.31. The van der Waals surface area contributed by atoms with Gasteiger partial charge in [-0.3, -0.25) is 4.79 Å². The number of piperazine rings is 1. The van der Waals surface area contributed by atoms with Gasteiger partial charge >= 0.3 is 0 Å². The third kappa shape index (κ3) is 4.47.